The molecular weight excluding hydrogens is 172 g/mol. The van der Waals surface area contributed by atoms with Gasteiger partial charge in [0.25, 0.3) is 0 Å². The number of hydrogen-bond acceptors (Lipinski definition) is 5. The molecular formula is C8H10N2O3. The SMILES string of the molecule is CCCCC(=O)C(N=C=O)N=C=O. The van der Waals surface area contributed by atoms with Crippen molar-refractivity contribution in [2.75, 3.05) is 0 Å². The van der Waals surface area contributed by atoms with Crippen LogP contribution in [0.25, 0.3) is 0 Å². The summed E-state index contributed by atoms with van der Waals surface area (Å²) >= 11 is 0. The van der Waals surface area contributed by atoms with Gasteiger partial charge in [0.05, 0.1) is 0 Å². The second-order valence-corrected chi connectivity index (χ2v) is 2.38. The molecule has 70 valence electrons. The van der Waals surface area contributed by atoms with Gasteiger partial charge in [0, 0.05) is 6.42 Å². The molecule has 0 aliphatic rings. The maximum absolute atomic E-state index is 11.1. The lowest BCUT2D eigenvalue weighted by Gasteiger charge is -2.00. The first-order valence-corrected chi connectivity index (χ1v) is 3.93. The molecule has 0 aromatic rings. The summed E-state index contributed by atoms with van der Waals surface area (Å²) in [6.45, 7) is 1.92. The molecule has 0 N–H and O–H groups in total. The average molecular weight is 182 g/mol. The molecule has 0 saturated heterocycles. The van der Waals surface area contributed by atoms with Crippen LogP contribution in [0.5, 0.6) is 0 Å². The van der Waals surface area contributed by atoms with Gasteiger partial charge in [0.2, 0.25) is 18.3 Å². The zero-order valence-corrected chi connectivity index (χ0v) is 7.32. The van der Waals surface area contributed by atoms with E-state index in [9.17, 15) is 14.4 Å². The number of unbranched alkanes of at least 4 members (excludes halogenated alkanes) is 1. The molecule has 0 unspecified atom stereocenters. The van der Waals surface area contributed by atoms with Crippen molar-refractivity contribution in [2.24, 2.45) is 9.98 Å². The third-order valence-electron chi connectivity index (χ3n) is 1.41. The standard InChI is InChI=1S/C8H10N2O3/c1-2-3-4-7(13)8(9-5-11)10-6-12/h8H,2-4H2,1H3. The Bertz CT molecular complexity index is 245. The molecule has 0 aromatic heterocycles. The molecule has 0 radical (unpaired) electrons. The van der Waals surface area contributed by atoms with Crippen LogP contribution in [-0.4, -0.2) is 24.1 Å². The Morgan fingerprint density at radius 3 is 2.23 bits per heavy atom. The topological polar surface area (TPSA) is 75.9 Å². The average Bonchev–Trinajstić information content (AvgIpc) is 2.14. The molecule has 0 aromatic carbocycles. The van der Waals surface area contributed by atoms with E-state index in [1.165, 1.54) is 12.2 Å². The van der Waals surface area contributed by atoms with Crippen LogP contribution in [0.4, 0.5) is 0 Å². The van der Waals surface area contributed by atoms with Crippen molar-refractivity contribution in [3.63, 3.8) is 0 Å². The van der Waals surface area contributed by atoms with Crippen molar-refractivity contribution in [3.05, 3.63) is 0 Å². The Balaban J connectivity index is 4.27. The second kappa shape index (κ2) is 7.10. The van der Waals surface area contributed by atoms with Crippen LogP contribution in [0, 0.1) is 0 Å². The first-order valence-electron chi connectivity index (χ1n) is 3.93. The second-order valence-electron chi connectivity index (χ2n) is 2.38. The zero-order valence-electron chi connectivity index (χ0n) is 7.32. The Hall–Kier alpha value is -1.57. The fraction of sp³-hybridized carbons (Fsp3) is 0.625. The summed E-state index contributed by atoms with van der Waals surface area (Å²) in [5.74, 6) is -0.353. The van der Waals surface area contributed by atoms with E-state index in [0.29, 0.717) is 6.42 Å². The van der Waals surface area contributed by atoms with Crippen LogP contribution >= 0.6 is 0 Å². The number of ketones is 1. The van der Waals surface area contributed by atoms with E-state index >= 15 is 0 Å². The summed E-state index contributed by atoms with van der Waals surface area (Å²) in [6, 6.07) is 0. The van der Waals surface area contributed by atoms with Crippen molar-refractivity contribution in [1.82, 2.24) is 0 Å². The molecule has 0 atom stereocenters. The maximum Gasteiger partial charge on any atom is 0.237 e. The molecule has 0 spiro atoms. The van der Waals surface area contributed by atoms with E-state index in [1.807, 2.05) is 6.92 Å². The molecule has 0 fully saturated rings. The number of isocyanates is 2. The number of nitrogens with zero attached hydrogens (tertiary/aromatic N) is 2. The van der Waals surface area contributed by atoms with E-state index < -0.39 is 6.17 Å². The summed E-state index contributed by atoms with van der Waals surface area (Å²) in [4.78, 5) is 37.0. The summed E-state index contributed by atoms with van der Waals surface area (Å²) in [5.41, 5.74) is 0. The minimum atomic E-state index is -1.23. The van der Waals surface area contributed by atoms with Crippen molar-refractivity contribution >= 4 is 17.9 Å². The van der Waals surface area contributed by atoms with Gasteiger partial charge in [0.1, 0.15) is 0 Å². The Kier molecular flexibility index (Phi) is 6.24. The highest BCUT2D eigenvalue weighted by atomic mass is 16.1. The summed E-state index contributed by atoms with van der Waals surface area (Å²) in [5, 5.41) is 0. The number of hydrogen-bond donors (Lipinski definition) is 0. The van der Waals surface area contributed by atoms with Crippen LogP contribution in [0.1, 0.15) is 26.2 Å². The molecule has 5 heteroatoms. The Morgan fingerprint density at radius 2 is 1.85 bits per heavy atom. The normalized spacial score (nSPS) is 10.8. The molecule has 0 rings (SSSR count). The van der Waals surface area contributed by atoms with Gasteiger partial charge in [-0.05, 0) is 6.42 Å². The van der Waals surface area contributed by atoms with E-state index in [0.717, 1.165) is 6.42 Å². The van der Waals surface area contributed by atoms with E-state index in [4.69, 9.17) is 0 Å². The van der Waals surface area contributed by atoms with Crippen LogP contribution in [0.15, 0.2) is 9.98 Å². The van der Waals surface area contributed by atoms with E-state index in [2.05, 4.69) is 9.98 Å². The number of aliphatic imine (C=N–C) groups is 2. The number of rotatable bonds is 6. The zero-order chi connectivity index (χ0) is 10.1. The van der Waals surface area contributed by atoms with Gasteiger partial charge in [-0.1, -0.05) is 13.3 Å². The molecule has 0 amide bonds. The summed E-state index contributed by atoms with van der Waals surface area (Å²) in [7, 11) is 0. The highest BCUT2D eigenvalue weighted by Gasteiger charge is 2.14. The van der Waals surface area contributed by atoms with Gasteiger partial charge in [-0.2, -0.15) is 9.98 Å². The van der Waals surface area contributed by atoms with Gasteiger partial charge in [0.15, 0.2) is 5.78 Å². The first-order chi connectivity index (χ1) is 6.26. The fourth-order valence-electron chi connectivity index (χ4n) is 0.753. The number of carbonyl (C=O) groups excluding carboxylic acids is 3. The molecule has 0 aliphatic carbocycles. The lowest BCUT2D eigenvalue weighted by molar-refractivity contribution is -0.120. The lowest BCUT2D eigenvalue weighted by Crippen LogP contribution is -2.15. The quantitative estimate of drug-likeness (QED) is 0.449. The van der Waals surface area contributed by atoms with Gasteiger partial charge < -0.3 is 0 Å². The van der Waals surface area contributed by atoms with Crippen LogP contribution in [0.3, 0.4) is 0 Å². The smallest absolute Gasteiger partial charge is 0.237 e. The molecule has 0 heterocycles. The molecule has 0 aliphatic heterocycles. The van der Waals surface area contributed by atoms with E-state index in [-0.39, 0.29) is 12.2 Å². The van der Waals surface area contributed by atoms with Crippen LogP contribution < -0.4 is 0 Å². The largest absolute Gasteiger partial charge is 0.295 e. The van der Waals surface area contributed by atoms with E-state index in [1.54, 1.807) is 0 Å². The maximum atomic E-state index is 11.1. The van der Waals surface area contributed by atoms with Gasteiger partial charge in [-0.15, -0.1) is 0 Å². The molecule has 5 nitrogen and oxygen atoms in total. The number of Topliss-reactive ketones (excluding diaryl/α,β-unsaturated/α-hetero) is 1. The van der Waals surface area contributed by atoms with Gasteiger partial charge in [-0.3, -0.25) is 4.79 Å². The van der Waals surface area contributed by atoms with Crippen LogP contribution in [-0.2, 0) is 14.4 Å². The minimum Gasteiger partial charge on any atom is -0.295 e. The third-order valence-corrected chi connectivity index (χ3v) is 1.41. The molecule has 13 heavy (non-hydrogen) atoms. The summed E-state index contributed by atoms with van der Waals surface area (Å²) < 4.78 is 0. The predicted molar refractivity (Wildman–Crippen MR) is 44.6 cm³/mol. The van der Waals surface area contributed by atoms with Crippen molar-refractivity contribution in [3.8, 4) is 0 Å². The first kappa shape index (κ1) is 11.4. The van der Waals surface area contributed by atoms with Crippen molar-refractivity contribution < 1.29 is 14.4 Å². The Labute approximate surface area is 75.6 Å². The van der Waals surface area contributed by atoms with Crippen molar-refractivity contribution in [1.29, 1.82) is 0 Å². The molecule has 0 bridgehead atoms. The van der Waals surface area contributed by atoms with Gasteiger partial charge in [-0.25, -0.2) is 9.59 Å². The minimum absolute atomic E-state index is 0.261. The lowest BCUT2D eigenvalue weighted by atomic mass is 10.1. The van der Waals surface area contributed by atoms with Crippen LogP contribution in [0.2, 0.25) is 0 Å². The monoisotopic (exact) mass is 182 g/mol. The summed E-state index contributed by atoms with van der Waals surface area (Å²) in [6.07, 6.45) is 2.96. The Morgan fingerprint density at radius 1 is 1.31 bits per heavy atom. The predicted octanol–water partition coefficient (Wildman–Crippen LogP) is 0.743. The highest BCUT2D eigenvalue weighted by Crippen LogP contribution is 2.02. The third kappa shape index (κ3) is 4.80. The highest BCUT2D eigenvalue weighted by molar-refractivity contribution is 5.85. The number of carbonyl (C=O) groups is 1. The van der Waals surface area contributed by atoms with Gasteiger partial charge >= 0.3 is 0 Å². The molecule has 0 saturated carbocycles. The van der Waals surface area contributed by atoms with Crippen molar-refractivity contribution in [2.45, 2.75) is 32.4 Å². The fourth-order valence-corrected chi connectivity index (χ4v) is 0.753.